The van der Waals surface area contributed by atoms with Crippen molar-refractivity contribution in [1.82, 2.24) is 5.32 Å². The number of hydrogen-bond donors (Lipinski definition) is 3. The molecule has 2 aliphatic carbocycles. The van der Waals surface area contributed by atoms with Crippen LogP contribution >= 0.6 is 0 Å². The van der Waals surface area contributed by atoms with Crippen LogP contribution in [0.5, 0.6) is 0 Å². The predicted molar refractivity (Wildman–Crippen MR) is 75.8 cm³/mol. The molecule has 0 radical (unpaired) electrons. The molecule has 1 aromatic rings. The molecule has 3 N–H and O–H groups in total. The Bertz CT molecular complexity index is 571. The fourth-order valence-electron chi connectivity index (χ4n) is 3.58. The summed E-state index contributed by atoms with van der Waals surface area (Å²) < 4.78 is 0. The van der Waals surface area contributed by atoms with Crippen molar-refractivity contribution in [2.24, 2.45) is 11.8 Å². The number of carboxylic acid groups (broad SMARTS) is 1. The molecule has 2 aliphatic rings. The highest BCUT2D eigenvalue weighted by molar-refractivity contribution is 5.88. The molecule has 21 heavy (non-hydrogen) atoms. The second-order valence-electron chi connectivity index (χ2n) is 5.86. The van der Waals surface area contributed by atoms with Crippen LogP contribution in [0.2, 0.25) is 0 Å². The second kappa shape index (κ2) is 5.48. The van der Waals surface area contributed by atoms with E-state index >= 15 is 0 Å². The summed E-state index contributed by atoms with van der Waals surface area (Å²) in [5, 5.41) is 20.5. The summed E-state index contributed by atoms with van der Waals surface area (Å²) in [6, 6.07) is 7.17. The normalized spacial score (nSPS) is 27.2. The zero-order valence-electron chi connectivity index (χ0n) is 11.7. The number of aryl methyl sites for hydroxylation is 1. The third-order valence-corrected chi connectivity index (χ3v) is 4.66. The van der Waals surface area contributed by atoms with Gasteiger partial charge in [-0.15, -0.1) is 0 Å². The number of carbonyl (C=O) groups excluding carboxylic acids is 1. The Balaban J connectivity index is 1.70. The number of aliphatic hydroxyl groups is 1. The zero-order valence-corrected chi connectivity index (χ0v) is 11.7. The van der Waals surface area contributed by atoms with Gasteiger partial charge in [-0.2, -0.15) is 0 Å². The molecule has 0 saturated heterocycles. The minimum Gasteiger partial charge on any atom is -0.480 e. The molecule has 1 fully saturated rings. The van der Waals surface area contributed by atoms with Crippen LogP contribution in [0.4, 0.5) is 0 Å². The number of carboxylic acids is 1. The zero-order chi connectivity index (χ0) is 15.0. The van der Waals surface area contributed by atoms with Crippen molar-refractivity contribution in [1.29, 1.82) is 0 Å². The highest BCUT2D eigenvalue weighted by Gasteiger charge is 2.57. The summed E-state index contributed by atoms with van der Waals surface area (Å²) in [6.45, 7) is -0.252. The van der Waals surface area contributed by atoms with Crippen LogP contribution < -0.4 is 5.32 Å². The minimum atomic E-state index is -1.10. The number of benzene rings is 1. The van der Waals surface area contributed by atoms with E-state index in [1.807, 2.05) is 12.1 Å². The van der Waals surface area contributed by atoms with E-state index in [0.29, 0.717) is 5.92 Å². The molecule has 3 unspecified atom stereocenters. The average molecular weight is 289 g/mol. The molecule has 1 amide bonds. The molecule has 4 atom stereocenters. The molecule has 0 spiro atoms. The lowest BCUT2D eigenvalue weighted by molar-refractivity contribution is -0.142. The Kier molecular flexibility index (Phi) is 3.68. The maximum absolute atomic E-state index is 12.3. The first-order chi connectivity index (χ1) is 10.1. The van der Waals surface area contributed by atoms with E-state index in [2.05, 4.69) is 17.4 Å². The van der Waals surface area contributed by atoms with Gasteiger partial charge in [-0.25, -0.2) is 4.79 Å². The standard InChI is InChI=1S/C16H19NO4/c18-8-7-12(16(20)21)17-15(19)14-11-6-5-9-3-1-2-4-10(9)13(11)14/h1-4,11-14,18H,5-8H2,(H,17,19)(H,20,21)/t11?,12-,13?,14?/m0/s1. The number of carbonyl (C=O) groups is 2. The number of hydrogen-bond acceptors (Lipinski definition) is 3. The van der Waals surface area contributed by atoms with E-state index in [4.69, 9.17) is 10.2 Å². The van der Waals surface area contributed by atoms with E-state index in [9.17, 15) is 9.59 Å². The Hall–Kier alpha value is -1.88. The molecule has 3 rings (SSSR count). The van der Waals surface area contributed by atoms with Gasteiger partial charge in [0.15, 0.2) is 0 Å². The van der Waals surface area contributed by atoms with Gasteiger partial charge in [-0.05, 0) is 35.8 Å². The van der Waals surface area contributed by atoms with Gasteiger partial charge < -0.3 is 15.5 Å². The summed E-state index contributed by atoms with van der Waals surface area (Å²) in [5.74, 6) is -0.833. The second-order valence-corrected chi connectivity index (χ2v) is 5.86. The van der Waals surface area contributed by atoms with Crippen LogP contribution in [0, 0.1) is 11.8 Å². The molecule has 5 heteroatoms. The van der Waals surface area contributed by atoms with E-state index in [-0.39, 0.29) is 30.8 Å². The molecular formula is C16H19NO4. The fraction of sp³-hybridized carbons (Fsp3) is 0.500. The molecule has 0 heterocycles. The van der Waals surface area contributed by atoms with Gasteiger partial charge in [-0.1, -0.05) is 24.3 Å². The van der Waals surface area contributed by atoms with Gasteiger partial charge in [0, 0.05) is 18.9 Å². The van der Waals surface area contributed by atoms with Crippen LogP contribution in [0.15, 0.2) is 24.3 Å². The van der Waals surface area contributed by atoms with Crippen molar-refractivity contribution in [2.75, 3.05) is 6.61 Å². The third kappa shape index (κ3) is 2.53. The SMILES string of the molecule is O=C(N[C@@H](CCO)C(=O)O)C1C2CCc3ccccc3C21. The lowest BCUT2D eigenvalue weighted by Gasteiger charge is -2.13. The molecule has 0 aliphatic heterocycles. The van der Waals surface area contributed by atoms with Crippen LogP contribution in [-0.4, -0.2) is 34.7 Å². The Morgan fingerprint density at radius 1 is 1.33 bits per heavy atom. The molecule has 5 nitrogen and oxygen atoms in total. The predicted octanol–water partition coefficient (Wildman–Crippen LogP) is 0.914. The van der Waals surface area contributed by atoms with E-state index in [1.54, 1.807) is 0 Å². The number of aliphatic carboxylic acids is 1. The van der Waals surface area contributed by atoms with Crippen molar-refractivity contribution in [3.63, 3.8) is 0 Å². The van der Waals surface area contributed by atoms with Crippen molar-refractivity contribution in [3.05, 3.63) is 35.4 Å². The van der Waals surface area contributed by atoms with Gasteiger partial charge in [0.05, 0.1) is 0 Å². The highest BCUT2D eigenvalue weighted by Crippen LogP contribution is 2.59. The van der Waals surface area contributed by atoms with Crippen molar-refractivity contribution in [3.8, 4) is 0 Å². The minimum absolute atomic E-state index is 0.0414. The molecular weight excluding hydrogens is 270 g/mol. The topological polar surface area (TPSA) is 86.6 Å². The lowest BCUT2D eigenvalue weighted by Crippen LogP contribution is -2.42. The third-order valence-electron chi connectivity index (χ3n) is 4.66. The van der Waals surface area contributed by atoms with Crippen LogP contribution in [-0.2, 0) is 16.0 Å². The van der Waals surface area contributed by atoms with Crippen LogP contribution in [0.1, 0.15) is 29.9 Å². The smallest absolute Gasteiger partial charge is 0.326 e. The summed E-state index contributed by atoms with van der Waals surface area (Å²) in [4.78, 5) is 23.4. The average Bonchev–Trinajstić information content (AvgIpc) is 3.21. The summed E-state index contributed by atoms with van der Waals surface area (Å²) in [7, 11) is 0. The maximum atomic E-state index is 12.3. The molecule has 1 aromatic carbocycles. The number of amides is 1. The molecule has 0 bridgehead atoms. The summed E-state index contributed by atoms with van der Waals surface area (Å²) in [6.07, 6.45) is 2.01. The van der Waals surface area contributed by atoms with Crippen LogP contribution in [0.25, 0.3) is 0 Å². The summed E-state index contributed by atoms with van der Waals surface area (Å²) >= 11 is 0. The van der Waals surface area contributed by atoms with Crippen molar-refractivity contribution in [2.45, 2.75) is 31.2 Å². The van der Waals surface area contributed by atoms with E-state index < -0.39 is 12.0 Å². The number of rotatable bonds is 5. The van der Waals surface area contributed by atoms with E-state index in [0.717, 1.165) is 12.8 Å². The van der Waals surface area contributed by atoms with Gasteiger partial charge in [0.1, 0.15) is 6.04 Å². The van der Waals surface area contributed by atoms with Gasteiger partial charge in [-0.3, -0.25) is 4.79 Å². The Morgan fingerprint density at radius 2 is 2.10 bits per heavy atom. The van der Waals surface area contributed by atoms with E-state index in [1.165, 1.54) is 11.1 Å². The first-order valence-corrected chi connectivity index (χ1v) is 7.35. The molecule has 112 valence electrons. The van der Waals surface area contributed by atoms with Gasteiger partial charge in [0.25, 0.3) is 0 Å². The Labute approximate surface area is 123 Å². The van der Waals surface area contributed by atoms with Gasteiger partial charge in [0.2, 0.25) is 5.91 Å². The quantitative estimate of drug-likeness (QED) is 0.752. The lowest BCUT2D eigenvalue weighted by atomic mass is 9.92. The first kappa shape index (κ1) is 14.1. The Morgan fingerprint density at radius 3 is 2.81 bits per heavy atom. The number of fused-ring (bicyclic) bond motifs is 3. The molecule has 0 aromatic heterocycles. The largest absolute Gasteiger partial charge is 0.480 e. The monoisotopic (exact) mass is 289 g/mol. The highest BCUT2D eigenvalue weighted by atomic mass is 16.4. The van der Waals surface area contributed by atoms with Crippen molar-refractivity contribution >= 4 is 11.9 Å². The fourth-order valence-corrected chi connectivity index (χ4v) is 3.58. The first-order valence-electron chi connectivity index (χ1n) is 7.35. The van der Waals surface area contributed by atoms with Crippen LogP contribution in [0.3, 0.4) is 0 Å². The molecule has 1 saturated carbocycles. The van der Waals surface area contributed by atoms with Crippen molar-refractivity contribution < 1.29 is 19.8 Å². The summed E-state index contributed by atoms with van der Waals surface area (Å²) in [5.41, 5.74) is 2.54. The number of nitrogens with one attached hydrogen (secondary N) is 1. The number of aliphatic hydroxyl groups excluding tert-OH is 1. The van der Waals surface area contributed by atoms with Gasteiger partial charge >= 0.3 is 5.97 Å². The maximum Gasteiger partial charge on any atom is 0.326 e.